The van der Waals surface area contributed by atoms with Gasteiger partial charge in [-0.15, -0.1) is 0 Å². The van der Waals surface area contributed by atoms with Gasteiger partial charge in [-0.05, 0) is 19.3 Å². The van der Waals surface area contributed by atoms with E-state index in [1.807, 2.05) is 27.7 Å². The van der Waals surface area contributed by atoms with Crippen molar-refractivity contribution in [2.24, 2.45) is 5.41 Å². The van der Waals surface area contributed by atoms with Crippen LogP contribution in [0, 0.1) is 5.41 Å². The zero-order valence-electron chi connectivity index (χ0n) is 12.5. The van der Waals surface area contributed by atoms with Crippen molar-refractivity contribution in [2.45, 2.75) is 52.5 Å². The second-order valence-electron chi connectivity index (χ2n) is 6.32. The monoisotopic (exact) mass is 270 g/mol. The second kappa shape index (κ2) is 5.90. The van der Waals surface area contributed by atoms with Gasteiger partial charge in [-0.1, -0.05) is 27.7 Å². The van der Waals surface area contributed by atoms with Crippen LogP contribution in [0.25, 0.3) is 0 Å². The number of nitrogens with zero attached hydrogens (tertiary/aromatic N) is 1. The van der Waals surface area contributed by atoms with Crippen molar-refractivity contribution in [1.82, 2.24) is 10.2 Å². The SMILES string of the molecule is CCC1(CO)CCCN1C(=O)CNC(=O)C(C)(C)C. The molecule has 1 aliphatic rings. The number of amides is 2. The number of carbonyl (C=O) groups is 2. The molecule has 5 heteroatoms. The molecule has 0 aromatic carbocycles. The molecule has 1 unspecified atom stereocenters. The maximum Gasteiger partial charge on any atom is 0.242 e. The summed E-state index contributed by atoms with van der Waals surface area (Å²) in [7, 11) is 0. The summed E-state index contributed by atoms with van der Waals surface area (Å²) in [6.45, 7) is 8.08. The van der Waals surface area contributed by atoms with E-state index >= 15 is 0 Å². The first kappa shape index (κ1) is 16.0. The molecular weight excluding hydrogens is 244 g/mol. The van der Waals surface area contributed by atoms with Crippen molar-refractivity contribution in [3.8, 4) is 0 Å². The largest absolute Gasteiger partial charge is 0.394 e. The fourth-order valence-electron chi connectivity index (χ4n) is 2.49. The van der Waals surface area contributed by atoms with Gasteiger partial charge in [0.2, 0.25) is 11.8 Å². The van der Waals surface area contributed by atoms with Crippen LogP contribution >= 0.6 is 0 Å². The Morgan fingerprint density at radius 3 is 2.47 bits per heavy atom. The van der Waals surface area contributed by atoms with Crippen LogP contribution in [-0.2, 0) is 9.59 Å². The number of aliphatic hydroxyl groups excluding tert-OH is 1. The second-order valence-corrected chi connectivity index (χ2v) is 6.32. The van der Waals surface area contributed by atoms with Crippen LogP contribution in [0.1, 0.15) is 47.0 Å². The number of rotatable bonds is 4. The van der Waals surface area contributed by atoms with Crippen LogP contribution in [-0.4, -0.2) is 47.1 Å². The minimum Gasteiger partial charge on any atom is -0.394 e. The summed E-state index contributed by atoms with van der Waals surface area (Å²) in [6, 6.07) is 0. The van der Waals surface area contributed by atoms with Crippen molar-refractivity contribution >= 4 is 11.8 Å². The van der Waals surface area contributed by atoms with Crippen molar-refractivity contribution in [3.05, 3.63) is 0 Å². The lowest BCUT2D eigenvalue weighted by atomic mass is 9.93. The Hall–Kier alpha value is -1.10. The van der Waals surface area contributed by atoms with E-state index in [2.05, 4.69) is 5.32 Å². The lowest BCUT2D eigenvalue weighted by Crippen LogP contribution is -2.53. The van der Waals surface area contributed by atoms with Crippen molar-refractivity contribution < 1.29 is 14.7 Å². The minimum atomic E-state index is -0.496. The standard InChI is InChI=1S/C14H26N2O3/c1-5-14(10-17)7-6-8-16(14)11(18)9-15-12(19)13(2,3)4/h17H,5-10H2,1-4H3,(H,15,19). The van der Waals surface area contributed by atoms with Gasteiger partial charge in [-0.25, -0.2) is 0 Å². The lowest BCUT2D eigenvalue weighted by molar-refractivity contribution is -0.139. The van der Waals surface area contributed by atoms with Crippen molar-refractivity contribution in [2.75, 3.05) is 19.7 Å². The molecule has 0 saturated carbocycles. The molecule has 110 valence electrons. The summed E-state index contributed by atoms with van der Waals surface area (Å²) in [5.74, 6) is -0.239. The Balaban J connectivity index is 2.61. The molecule has 0 aromatic heterocycles. The number of hydrogen-bond donors (Lipinski definition) is 2. The Kier molecular flexibility index (Phi) is 4.96. The molecule has 0 aromatic rings. The molecule has 1 rings (SSSR count). The first-order chi connectivity index (χ1) is 8.77. The van der Waals surface area contributed by atoms with E-state index in [1.54, 1.807) is 4.90 Å². The maximum atomic E-state index is 12.2. The van der Waals surface area contributed by atoms with Gasteiger partial charge in [0.15, 0.2) is 0 Å². The minimum absolute atomic E-state index is 0.0115. The number of carbonyl (C=O) groups excluding carboxylic acids is 2. The average Bonchev–Trinajstić information content (AvgIpc) is 2.78. The molecule has 1 atom stereocenters. The smallest absolute Gasteiger partial charge is 0.242 e. The summed E-state index contributed by atoms with van der Waals surface area (Å²) in [4.78, 5) is 25.7. The summed E-state index contributed by atoms with van der Waals surface area (Å²) >= 11 is 0. The zero-order valence-corrected chi connectivity index (χ0v) is 12.5. The molecule has 1 fully saturated rings. The normalized spacial score (nSPS) is 23.5. The molecule has 1 aliphatic heterocycles. The summed E-state index contributed by atoms with van der Waals surface area (Å²) in [5.41, 5.74) is -0.923. The Morgan fingerprint density at radius 1 is 1.37 bits per heavy atom. The van der Waals surface area contributed by atoms with Crippen LogP contribution in [0.4, 0.5) is 0 Å². The third-order valence-electron chi connectivity index (χ3n) is 3.93. The third kappa shape index (κ3) is 3.47. The van der Waals surface area contributed by atoms with E-state index in [0.29, 0.717) is 6.54 Å². The molecule has 0 aliphatic carbocycles. The third-order valence-corrected chi connectivity index (χ3v) is 3.93. The Morgan fingerprint density at radius 2 is 2.00 bits per heavy atom. The maximum absolute atomic E-state index is 12.2. The molecule has 19 heavy (non-hydrogen) atoms. The fraction of sp³-hybridized carbons (Fsp3) is 0.857. The van der Waals surface area contributed by atoms with Gasteiger partial charge >= 0.3 is 0 Å². The van der Waals surface area contributed by atoms with Gasteiger partial charge in [-0.2, -0.15) is 0 Å². The summed E-state index contributed by atoms with van der Waals surface area (Å²) in [6.07, 6.45) is 2.48. The topological polar surface area (TPSA) is 69.6 Å². The quantitative estimate of drug-likeness (QED) is 0.798. The van der Waals surface area contributed by atoms with Crippen LogP contribution in [0.2, 0.25) is 0 Å². The Bertz CT molecular complexity index is 343. The van der Waals surface area contributed by atoms with Gasteiger partial charge < -0.3 is 15.3 Å². The highest BCUT2D eigenvalue weighted by Gasteiger charge is 2.41. The van der Waals surface area contributed by atoms with E-state index < -0.39 is 11.0 Å². The van der Waals surface area contributed by atoms with Gasteiger partial charge in [0.05, 0.1) is 18.7 Å². The van der Waals surface area contributed by atoms with Crippen LogP contribution < -0.4 is 5.32 Å². The Labute approximate surface area is 115 Å². The number of nitrogens with one attached hydrogen (secondary N) is 1. The van der Waals surface area contributed by atoms with E-state index in [-0.39, 0.29) is 25.0 Å². The predicted molar refractivity (Wildman–Crippen MR) is 73.5 cm³/mol. The van der Waals surface area contributed by atoms with E-state index in [1.165, 1.54) is 0 Å². The molecule has 1 saturated heterocycles. The number of likely N-dealkylation sites (tertiary alicyclic amines) is 1. The molecule has 0 bridgehead atoms. The highest BCUT2D eigenvalue weighted by atomic mass is 16.3. The van der Waals surface area contributed by atoms with E-state index in [0.717, 1.165) is 19.3 Å². The molecule has 2 N–H and O–H groups in total. The summed E-state index contributed by atoms with van der Waals surface area (Å²) < 4.78 is 0. The first-order valence-electron chi connectivity index (χ1n) is 6.96. The van der Waals surface area contributed by atoms with Crippen molar-refractivity contribution in [3.63, 3.8) is 0 Å². The first-order valence-corrected chi connectivity index (χ1v) is 6.96. The number of aliphatic hydroxyl groups is 1. The lowest BCUT2D eigenvalue weighted by Gasteiger charge is -2.36. The van der Waals surface area contributed by atoms with Crippen LogP contribution in [0.5, 0.6) is 0 Å². The number of hydrogen-bond acceptors (Lipinski definition) is 3. The van der Waals surface area contributed by atoms with Crippen molar-refractivity contribution in [1.29, 1.82) is 0 Å². The molecule has 0 radical (unpaired) electrons. The van der Waals surface area contributed by atoms with E-state index in [9.17, 15) is 14.7 Å². The highest BCUT2D eigenvalue weighted by Crippen LogP contribution is 2.31. The van der Waals surface area contributed by atoms with Gasteiger partial charge in [-0.3, -0.25) is 9.59 Å². The van der Waals surface area contributed by atoms with Gasteiger partial charge in [0.1, 0.15) is 0 Å². The predicted octanol–water partition coefficient (Wildman–Crippen LogP) is 0.912. The molecule has 5 nitrogen and oxygen atoms in total. The molecule has 1 heterocycles. The van der Waals surface area contributed by atoms with Gasteiger partial charge in [0, 0.05) is 12.0 Å². The summed E-state index contributed by atoms with van der Waals surface area (Å²) in [5, 5.41) is 12.2. The zero-order chi connectivity index (χ0) is 14.7. The van der Waals surface area contributed by atoms with Gasteiger partial charge in [0.25, 0.3) is 0 Å². The molecular formula is C14H26N2O3. The van der Waals surface area contributed by atoms with E-state index in [4.69, 9.17) is 0 Å². The van der Waals surface area contributed by atoms with Crippen LogP contribution in [0.15, 0.2) is 0 Å². The molecule has 0 spiro atoms. The molecule has 2 amide bonds. The highest BCUT2D eigenvalue weighted by molar-refractivity contribution is 5.87. The fourth-order valence-corrected chi connectivity index (χ4v) is 2.49. The van der Waals surface area contributed by atoms with Crippen LogP contribution in [0.3, 0.4) is 0 Å². The average molecular weight is 270 g/mol.